The lowest BCUT2D eigenvalue weighted by molar-refractivity contribution is 0.0600. The Labute approximate surface area is 94.0 Å². The minimum atomic E-state index is 0.185. The third kappa shape index (κ3) is 4.09. The van der Waals surface area contributed by atoms with E-state index in [4.69, 9.17) is 10.5 Å². The standard InChI is InChI=1S/C12H26N2O/c1-10-8-14(6-5-7-15-10)9-12(3,4)11(2)13/h10-11H,5-9,13H2,1-4H3. The lowest BCUT2D eigenvalue weighted by Gasteiger charge is -2.35. The van der Waals surface area contributed by atoms with Crippen LogP contribution < -0.4 is 5.73 Å². The molecule has 3 nitrogen and oxygen atoms in total. The van der Waals surface area contributed by atoms with Crippen LogP contribution >= 0.6 is 0 Å². The van der Waals surface area contributed by atoms with E-state index in [-0.39, 0.29) is 11.5 Å². The average Bonchev–Trinajstić information content (AvgIpc) is 2.28. The van der Waals surface area contributed by atoms with E-state index in [9.17, 15) is 0 Å². The molecule has 0 aromatic heterocycles. The van der Waals surface area contributed by atoms with Crippen molar-refractivity contribution in [3.8, 4) is 0 Å². The van der Waals surface area contributed by atoms with Crippen LogP contribution in [0.4, 0.5) is 0 Å². The van der Waals surface area contributed by atoms with E-state index in [0.717, 1.165) is 32.7 Å². The lowest BCUT2D eigenvalue weighted by atomic mass is 9.85. The van der Waals surface area contributed by atoms with Gasteiger partial charge in [-0.3, -0.25) is 0 Å². The van der Waals surface area contributed by atoms with Crippen LogP contribution in [0.3, 0.4) is 0 Å². The molecule has 0 aromatic rings. The van der Waals surface area contributed by atoms with Gasteiger partial charge in [0.25, 0.3) is 0 Å². The Hall–Kier alpha value is -0.120. The van der Waals surface area contributed by atoms with Gasteiger partial charge < -0.3 is 15.4 Å². The average molecular weight is 214 g/mol. The molecule has 90 valence electrons. The first kappa shape index (κ1) is 12.9. The Bertz CT molecular complexity index is 192. The summed E-state index contributed by atoms with van der Waals surface area (Å²) in [6.45, 7) is 12.9. The highest BCUT2D eigenvalue weighted by Crippen LogP contribution is 2.21. The molecule has 2 N–H and O–H groups in total. The molecule has 0 aromatic carbocycles. The van der Waals surface area contributed by atoms with Gasteiger partial charge in [-0.25, -0.2) is 0 Å². The van der Waals surface area contributed by atoms with Crippen LogP contribution in [0.15, 0.2) is 0 Å². The number of ether oxygens (including phenoxy) is 1. The van der Waals surface area contributed by atoms with Crippen molar-refractivity contribution < 1.29 is 4.74 Å². The van der Waals surface area contributed by atoms with Crippen molar-refractivity contribution in [1.29, 1.82) is 0 Å². The van der Waals surface area contributed by atoms with E-state index in [0.29, 0.717) is 6.10 Å². The van der Waals surface area contributed by atoms with Gasteiger partial charge in [0, 0.05) is 32.3 Å². The van der Waals surface area contributed by atoms with Crippen molar-refractivity contribution in [2.75, 3.05) is 26.2 Å². The first-order valence-electron chi connectivity index (χ1n) is 6.01. The van der Waals surface area contributed by atoms with Gasteiger partial charge in [-0.2, -0.15) is 0 Å². The van der Waals surface area contributed by atoms with Gasteiger partial charge >= 0.3 is 0 Å². The summed E-state index contributed by atoms with van der Waals surface area (Å²) < 4.78 is 5.64. The summed E-state index contributed by atoms with van der Waals surface area (Å²) in [5, 5.41) is 0. The summed E-state index contributed by atoms with van der Waals surface area (Å²) in [5.41, 5.74) is 6.19. The minimum absolute atomic E-state index is 0.185. The molecular weight excluding hydrogens is 188 g/mol. The molecule has 2 unspecified atom stereocenters. The molecule has 0 bridgehead atoms. The molecule has 1 saturated heterocycles. The maximum Gasteiger partial charge on any atom is 0.0673 e. The fourth-order valence-electron chi connectivity index (χ4n) is 1.94. The van der Waals surface area contributed by atoms with Gasteiger partial charge in [-0.05, 0) is 25.7 Å². The molecular formula is C12H26N2O. The number of hydrogen-bond acceptors (Lipinski definition) is 3. The molecule has 1 fully saturated rings. The van der Waals surface area contributed by atoms with Crippen LogP contribution in [-0.4, -0.2) is 43.3 Å². The fraction of sp³-hybridized carbons (Fsp3) is 1.00. The number of nitrogens with zero attached hydrogens (tertiary/aromatic N) is 1. The van der Waals surface area contributed by atoms with Gasteiger partial charge in [0.05, 0.1) is 6.10 Å². The normalized spacial score (nSPS) is 27.4. The molecule has 3 heteroatoms. The maximum atomic E-state index is 6.00. The summed E-state index contributed by atoms with van der Waals surface area (Å²) >= 11 is 0. The van der Waals surface area contributed by atoms with E-state index in [1.54, 1.807) is 0 Å². The van der Waals surface area contributed by atoms with Crippen LogP contribution in [0.5, 0.6) is 0 Å². The second kappa shape index (κ2) is 5.28. The molecule has 0 aliphatic carbocycles. The maximum absolute atomic E-state index is 6.00. The number of hydrogen-bond donors (Lipinski definition) is 1. The summed E-state index contributed by atoms with van der Waals surface area (Å²) in [6.07, 6.45) is 1.50. The van der Waals surface area contributed by atoms with Crippen LogP contribution in [0.1, 0.15) is 34.1 Å². The predicted molar refractivity (Wildman–Crippen MR) is 63.9 cm³/mol. The van der Waals surface area contributed by atoms with Gasteiger partial charge in [-0.15, -0.1) is 0 Å². The Kier molecular flexibility index (Phi) is 4.56. The third-order valence-corrected chi connectivity index (χ3v) is 3.40. The van der Waals surface area contributed by atoms with E-state index >= 15 is 0 Å². The summed E-state index contributed by atoms with van der Waals surface area (Å²) in [6, 6.07) is 0.233. The highest BCUT2D eigenvalue weighted by atomic mass is 16.5. The molecule has 0 spiro atoms. The second-order valence-electron chi connectivity index (χ2n) is 5.55. The van der Waals surface area contributed by atoms with Crippen LogP contribution in [0.2, 0.25) is 0 Å². The van der Waals surface area contributed by atoms with E-state index < -0.39 is 0 Å². The third-order valence-electron chi connectivity index (χ3n) is 3.40. The highest BCUT2D eigenvalue weighted by Gasteiger charge is 2.27. The van der Waals surface area contributed by atoms with Gasteiger partial charge in [0.15, 0.2) is 0 Å². The van der Waals surface area contributed by atoms with E-state index in [1.165, 1.54) is 0 Å². The fourth-order valence-corrected chi connectivity index (χ4v) is 1.94. The van der Waals surface area contributed by atoms with Crippen molar-refractivity contribution in [1.82, 2.24) is 4.90 Å². The van der Waals surface area contributed by atoms with E-state index in [1.807, 2.05) is 0 Å². The van der Waals surface area contributed by atoms with Gasteiger partial charge in [-0.1, -0.05) is 13.8 Å². The monoisotopic (exact) mass is 214 g/mol. The molecule has 2 atom stereocenters. The topological polar surface area (TPSA) is 38.5 Å². The molecule has 1 aliphatic rings. The van der Waals surface area contributed by atoms with E-state index in [2.05, 4.69) is 32.6 Å². The summed E-state index contributed by atoms with van der Waals surface area (Å²) in [4.78, 5) is 2.49. The Morgan fingerprint density at radius 2 is 2.20 bits per heavy atom. The Morgan fingerprint density at radius 1 is 1.53 bits per heavy atom. The van der Waals surface area contributed by atoms with Crippen molar-refractivity contribution in [3.63, 3.8) is 0 Å². The summed E-state index contributed by atoms with van der Waals surface area (Å²) in [5.74, 6) is 0. The Morgan fingerprint density at radius 3 is 2.80 bits per heavy atom. The van der Waals surface area contributed by atoms with Crippen LogP contribution in [0, 0.1) is 5.41 Å². The van der Waals surface area contributed by atoms with Gasteiger partial charge in [0.2, 0.25) is 0 Å². The minimum Gasteiger partial charge on any atom is -0.377 e. The molecule has 1 rings (SSSR count). The zero-order valence-electron chi connectivity index (χ0n) is 10.6. The molecule has 0 amide bonds. The van der Waals surface area contributed by atoms with Crippen molar-refractivity contribution in [2.45, 2.75) is 46.3 Å². The van der Waals surface area contributed by atoms with Crippen LogP contribution in [0.25, 0.3) is 0 Å². The zero-order chi connectivity index (χ0) is 11.5. The van der Waals surface area contributed by atoms with Gasteiger partial charge in [0.1, 0.15) is 0 Å². The Balaban J connectivity index is 2.48. The zero-order valence-corrected chi connectivity index (χ0v) is 10.6. The molecule has 15 heavy (non-hydrogen) atoms. The molecule has 0 radical (unpaired) electrons. The quantitative estimate of drug-likeness (QED) is 0.773. The summed E-state index contributed by atoms with van der Waals surface area (Å²) in [7, 11) is 0. The largest absolute Gasteiger partial charge is 0.377 e. The SMILES string of the molecule is CC1CN(CC(C)(C)C(C)N)CCCO1. The van der Waals surface area contributed by atoms with Crippen LogP contribution in [-0.2, 0) is 4.74 Å². The predicted octanol–water partition coefficient (Wildman–Crippen LogP) is 1.47. The number of rotatable bonds is 3. The smallest absolute Gasteiger partial charge is 0.0673 e. The highest BCUT2D eigenvalue weighted by molar-refractivity contribution is 4.82. The molecule has 1 aliphatic heterocycles. The van der Waals surface area contributed by atoms with Crippen molar-refractivity contribution in [3.05, 3.63) is 0 Å². The van der Waals surface area contributed by atoms with Crippen molar-refractivity contribution >= 4 is 0 Å². The first-order chi connectivity index (χ1) is 6.92. The molecule has 0 saturated carbocycles. The lowest BCUT2D eigenvalue weighted by Crippen LogP contribution is -2.45. The molecule has 1 heterocycles. The first-order valence-corrected chi connectivity index (χ1v) is 6.01. The number of nitrogens with two attached hydrogens (primary N) is 1. The second-order valence-corrected chi connectivity index (χ2v) is 5.55. The van der Waals surface area contributed by atoms with Crippen molar-refractivity contribution in [2.24, 2.45) is 11.1 Å².